The smallest absolute Gasteiger partial charge is 0.168 e. The van der Waals surface area contributed by atoms with Crippen molar-refractivity contribution in [2.24, 2.45) is 0 Å². The van der Waals surface area contributed by atoms with Crippen molar-refractivity contribution in [2.75, 3.05) is 18.0 Å². The Kier molecular flexibility index (Phi) is 2.67. The third-order valence-corrected chi connectivity index (χ3v) is 4.19. The predicted octanol–water partition coefficient (Wildman–Crippen LogP) is 2.60. The Morgan fingerprint density at radius 1 is 1.19 bits per heavy atom. The second-order valence-electron chi connectivity index (χ2n) is 5.50. The fourth-order valence-corrected chi connectivity index (χ4v) is 3.12. The van der Waals surface area contributed by atoms with Crippen LogP contribution >= 0.6 is 0 Å². The average molecular weight is 280 g/mol. The second-order valence-corrected chi connectivity index (χ2v) is 5.50. The van der Waals surface area contributed by atoms with E-state index in [9.17, 15) is 4.79 Å². The molecule has 4 rings (SSSR count). The van der Waals surface area contributed by atoms with Gasteiger partial charge in [-0.1, -0.05) is 12.1 Å². The third kappa shape index (κ3) is 1.73. The highest BCUT2D eigenvalue weighted by atomic mass is 16.1. The van der Waals surface area contributed by atoms with Crippen LogP contribution in [0.3, 0.4) is 0 Å². The Morgan fingerprint density at radius 2 is 1.95 bits per heavy atom. The Labute approximate surface area is 122 Å². The average Bonchev–Trinajstić information content (AvgIpc) is 3.13. The van der Waals surface area contributed by atoms with Crippen LogP contribution in [-0.2, 0) is 0 Å². The molecule has 5 heteroatoms. The summed E-state index contributed by atoms with van der Waals surface area (Å²) in [4.78, 5) is 18.4. The molecule has 0 N–H and O–H groups in total. The fraction of sp³-hybridized carbons (Fsp3) is 0.312. The summed E-state index contributed by atoms with van der Waals surface area (Å²) in [6, 6.07) is 8.12. The van der Waals surface area contributed by atoms with Crippen molar-refractivity contribution >= 4 is 28.7 Å². The summed E-state index contributed by atoms with van der Waals surface area (Å²) in [6.45, 7) is 3.90. The molecule has 3 heterocycles. The van der Waals surface area contributed by atoms with Gasteiger partial charge in [0.2, 0.25) is 0 Å². The number of anilines is 1. The number of rotatable bonds is 2. The molecular formula is C16H16N4O. The molecule has 1 aliphatic rings. The summed E-state index contributed by atoms with van der Waals surface area (Å²) >= 11 is 0. The number of carbonyl (C=O) groups is 1. The highest BCUT2D eigenvalue weighted by molar-refractivity contribution is 5.95. The minimum atomic E-state index is 0.584. The van der Waals surface area contributed by atoms with Gasteiger partial charge in [0.15, 0.2) is 11.9 Å². The first-order valence-electron chi connectivity index (χ1n) is 7.28. The lowest BCUT2D eigenvalue weighted by molar-refractivity contribution is 0.112. The number of aromatic nitrogens is 3. The first-order chi connectivity index (χ1) is 10.3. The Bertz CT molecular complexity index is 846. The molecule has 1 saturated heterocycles. The van der Waals surface area contributed by atoms with Crippen LogP contribution in [0.4, 0.5) is 5.82 Å². The van der Waals surface area contributed by atoms with E-state index >= 15 is 0 Å². The lowest BCUT2D eigenvalue weighted by atomic mass is 10.2. The molecule has 1 fully saturated rings. The van der Waals surface area contributed by atoms with Gasteiger partial charge in [0, 0.05) is 18.5 Å². The van der Waals surface area contributed by atoms with Gasteiger partial charge in [0.1, 0.15) is 5.82 Å². The Balaban J connectivity index is 2.12. The molecular weight excluding hydrogens is 264 g/mol. The maximum atomic E-state index is 11.4. The molecule has 0 atom stereocenters. The number of nitrogens with zero attached hydrogens (tertiary/aromatic N) is 4. The molecule has 0 spiro atoms. The van der Waals surface area contributed by atoms with Gasteiger partial charge in [-0.25, -0.2) is 9.50 Å². The van der Waals surface area contributed by atoms with Gasteiger partial charge in [0.25, 0.3) is 0 Å². The van der Waals surface area contributed by atoms with E-state index in [1.165, 1.54) is 12.8 Å². The van der Waals surface area contributed by atoms with Gasteiger partial charge < -0.3 is 4.90 Å². The zero-order valence-electron chi connectivity index (χ0n) is 11.9. The minimum Gasteiger partial charge on any atom is -0.356 e. The predicted molar refractivity (Wildman–Crippen MR) is 82.1 cm³/mol. The number of para-hydroxylation sites is 1. The summed E-state index contributed by atoms with van der Waals surface area (Å²) < 4.78 is 1.79. The quantitative estimate of drug-likeness (QED) is 0.677. The highest BCUT2D eigenvalue weighted by Crippen LogP contribution is 2.29. The minimum absolute atomic E-state index is 0.584. The number of carbonyl (C=O) groups excluding carboxylic acids is 1. The van der Waals surface area contributed by atoms with Gasteiger partial charge in [-0.3, -0.25) is 4.79 Å². The van der Waals surface area contributed by atoms with E-state index in [1.807, 2.05) is 25.1 Å². The number of hydrogen-bond acceptors (Lipinski definition) is 4. The molecule has 0 unspecified atom stereocenters. The van der Waals surface area contributed by atoms with Crippen molar-refractivity contribution < 1.29 is 4.79 Å². The van der Waals surface area contributed by atoms with Gasteiger partial charge in [-0.05, 0) is 31.9 Å². The molecule has 3 aromatic rings. The largest absolute Gasteiger partial charge is 0.356 e. The van der Waals surface area contributed by atoms with Crippen LogP contribution in [0.5, 0.6) is 0 Å². The first-order valence-corrected chi connectivity index (χ1v) is 7.28. The van der Waals surface area contributed by atoms with E-state index in [1.54, 1.807) is 4.52 Å². The molecule has 1 aromatic carbocycles. The molecule has 0 saturated carbocycles. The van der Waals surface area contributed by atoms with Crippen LogP contribution in [0.2, 0.25) is 0 Å². The van der Waals surface area contributed by atoms with E-state index in [0.717, 1.165) is 41.8 Å². The highest BCUT2D eigenvalue weighted by Gasteiger charge is 2.20. The van der Waals surface area contributed by atoms with E-state index < -0.39 is 0 Å². The Morgan fingerprint density at radius 3 is 2.71 bits per heavy atom. The van der Waals surface area contributed by atoms with Crippen molar-refractivity contribution in [3.8, 4) is 0 Å². The number of hydrogen-bond donors (Lipinski definition) is 0. The number of benzene rings is 1. The fourth-order valence-electron chi connectivity index (χ4n) is 3.12. The zero-order valence-corrected chi connectivity index (χ0v) is 11.9. The Hall–Kier alpha value is -2.43. The van der Waals surface area contributed by atoms with Crippen LogP contribution < -0.4 is 4.90 Å². The normalized spacial score (nSPS) is 15.2. The van der Waals surface area contributed by atoms with E-state index in [4.69, 9.17) is 4.98 Å². The van der Waals surface area contributed by atoms with Gasteiger partial charge in [0.05, 0.1) is 16.8 Å². The van der Waals surface area contributed by atoms with Crippen LogP contribution in [0.1, 0.15) is 28.9 Å². The van der Waals surface area contributed by atoms with Crippen molar-refractivity contribution in [1.29, 1.82) is 0 Å². The summed E-state index contributed by atoms with van der Waals surface area (Å²) in [5, 5.41) is 5.57. The maximum absolute atomic E-state index is 11.4. The van der Waals surface area contributed by atoms with Crippen molar-refractivity contribution in [3.05, 3.63) is 35.5 Å². The second kappa shape index (κ2) is 4.55. The summed E-state index contributed by atoms with van der Waals surface area (Å²) in [6.07, 6.45) is 3.24. The van der Waals surface area contributed by atoms with Crippen LogP contribution in [-0.4, -0.2) is 34.0 Å². The van der Waals surface area contributed by atoms with Gasteiger partial charge >= 0.3 is 0 Å². The monoisotopic (exact) mass is 280 g/mol. The van der Waals surface area contributed by atoms with Crippen LogP contribution in [0.25, 0.3) is 16.6 Å². The maximum Gasteiger partial charge on any atom is 0.168 e. The summed E-state index contributed by atoms with van der Waals surface area (Å²) in [7, 11) is 0. The van der Waals surface area contributed by atoms with Crippen molar-refractivity contribution in [2.45, 2.75) is 19.8 Å². The molecule has 2 aromatic heterocycles. The molecule has 21 heavy (non-hydrogen) atoms. The van der Waals surface area contributed by atoms with Crippen LogP contribution in [0.15, 0.2) is 24.3 Å². The molecule has 106 valence electrons. The number of aldehydes is 1. The lowest BCUT2D eigenvalue weighted by Gasteiger charge is -2.19. The molecule has 1 aliphatic heterocycles. The van der Waals surface area contributed by atoms with Crippen molar-refractivity contribution in [3.63, 3.8) is 0 Å². The molecule has 0 radical (unpaired) electrons. The van der Waals surface area contributed by atoms with Gasteiger partial charge in [-0.2, -0.15) is 5.10 Å². The van der Waals surface area contributed by atoms with E-state index in [-0.39, 0.29) is 0 Å². The molecule has 0 aliphatic carbocycles. The standard InChI is InChI=1S/C16H16N4O/c1-11-13(10-21)16-17-15(19-8-4-5-9-19)12-6-2-3-7-14(12)20(16)18-11/h2-3,6-7,10H,4-5,8-9H2,1H3. The first kappa shape index (κ1) is 12.3. The van der Waals surface area contributed by atoms with E-state index in [0.29, 0.717) is 11.2 Å². The van der Waals surface area contributed by atoms with Crippen molar-refractivity contribution in [1.82, 2.24) is 14.6 Å². The SMILES string of the molecule is Cc1nn2c(nc(N3CCCC3)c3ccccc32)c1C=O. The molecule has 0 amide bonds. The van der Waals surface area contributed by atoms with Crippen LogP contribution in [0, 0.1) is 6.92 Å². The topological polar surface area (TPSA) is 50.5 Å². The summed E-state index contributed by atoms with van der Waals surface area (Å²) in [5.74, 6) is 0.971. The molecule has 5 nitrogen and oxygen atoms in total. The number of fused-ring (bicyclic) bond motifs is 3. The third-order valence-electron chi connectivity index (χ3n) is 4.19. The van der Waals surface area contributed by atoms with E-state index in [2.05, 4.69) is 16.1 Å². The summed E-state index contributed by atoms with van der Waals surface area (Å²) in [5.41, 5.74) is 2.96. The zero-order chi connectivity index (χ0) is 14.4. The number of aryl methyl sites for hydroxylation is 1. The van der Waals surface area contributed by atoms with Gasteiger partial charge in [-0.15, -0.1) is 0 Å². The molecule has 0 bridgehead atoms. The lowest BCUT2D eigenvalue weighted by Crippen LogP contribution is -2.20.